The van der Waals surface area contributed by atoms with Gasteiger partial charge in [0.2, 0.25) is 0 Å². The molecular formula is C24H22ClN3O2S. The molecule has 0 bridgehead atoms. The molecular weight excluding hydrogens is 430 g/mol. The second kappa shape index (κ2) is 8.65. The quantitative estimate of drug-likeness (QED) is 0.358. The first-order valence-corrected chi connectivity index (χ1v) is 11.0. The summed E-state index contributed by atoms with van der Waals surface area (Å²) in [6.45, 7) is 5.91. The number of thiazole rings is 1. The molecule has 0 unspecified atom stereocenters. The number of carbonyl (C=O) groups excluding carboxylic acids is 1. The number of aromatic nitrogens is 2. The lowest BCUT2D eigenvalue weighted by molar-refractivity contribution is -0.131. The van der Waals surface area contributed by atoms with Gasteiger partial charge in [0.1, 0.15) is 5.75 Å². The summed E-state index contributed by atoms with van der Waals surface area (Å²) in [7, 11) is 0. The van der Waals surface area contributed by atoms with Crippen molar-refractivity contribution in [2.24, 2.45) is 0 Å². The smallest absolute Gasteiger partial charge is 0.272 e. The van der Waals surface area contributed by atoms with Gasteiger partial charge in [0.05, 0.1) is 16.8 Å². The van der Waals surface area contributed by atoms with Crippen molar-refractivity contribution in [3.05, 3.63) is 83.1 Å². The van der Waals surface area contributed by atoms with E-state index in [0.29, 0.717) is 22.4 Å². The van der Waals surface area contributed by atoms with Crippen molar-refractivity contribution in [2.45, 2.75) is 32.9 Å². The molecule has 5 nitrogen and oxygen atoms in total. The van der Waals surface area contributed by atoms with Gasteiger partial charge in [-0.1, -0.05) is 35.1 Å². The van der Waals surface area contributed by atoms with Gasteiger partial charge in [-0.25, -0.2) is 4.98 Å². The van der Waals surface area contributed by atoms with Crippen LogP contribution in [0, 0.1) is 6.92 Å². The van der Waals surface area contributed by atoms with Crippen LogP contribution < -0.4 is 9.64 Å². The van der Waals surface area contributed by atoms with Crippen molar-refractivity contribution in [1.82, 2.24) is 9.97 Å². The summed E-state index contributed by atoms with van der Waals surface area (Å²) >= 11 is 7.46. The average molecular weight is 452 g/mol. The van der Waals surface area contributed by atoms with Crippen molar-refractivity contribution >= 4 is 44.2 Å². The third-order valence-electron chi connectivity index (χ3n) is 4.77. The molecule has 0 aliphatic heterocycles. The first-order chi connectivity index (χ1) is 14.8. The van der Waals surface area contributed by atoms with Crippen LogP contribution in [0.3, 0.4) is 0 Å². The Labute approximate surface area is 190 Å². The predicted octanol–water partition coefficient (Wildman–Crippen LogP) is 6.04. The van der Waals surface area contributed by atoms with E-state index in [1.54, 1.807) is 55.4 Å². The molecule has 0 atom stereocenters. The van der Waals surface area contributed by atoms with Crippen molar-refractivity contribution < 1.29 is 9.53 Å². The summed E-state index contributed by atoms with van der Waals surface area (Å²) in [4.78, 5) is 24.3. The fourth-order valence-corrected chi connectivity index (χ4v) is 4.39. The number of benzene rings is 2. The lowest BCUT2D eigenvalue weighted by Crippen LogP contribution is -2.48. The Morgan fingerprint density at radius 1 is 1.16 bits per heavy atom. The molecule has 2 heterocycles. The van der Waals surface area contributed by atoms with E-state index >= 15 is 0 Å². The van der Waals surface area contributed by atoms with Crippen LogP contribution in [0.5, 0.6) is 5.75 Å². The van der Waals surface area contributed by atoms with Crippen LogP contribution >= 0.6 is 22.9 Å². The number of anilines is 1. The summed E-state index contributed by atoms with van der Waals surface area (Å²) in [6, 6.07) is 16.9. The normalized spacial score (nSPS) is 11.5. The van der Waals surface area contributed by atoms with Crippen LogP contribution in [0.15, 0.2) is 67.0 Å². The van der Waals surface area contributed by atoms with E-state index in [4.69, 9.17) is 21.3 Å². The second-order valence-corrected chi connectivity index (χ2v) is 9.23. The first-order valence-electron chi connectivity index (χ1n) is 9.84. The van der Waals surface area contributed by atoms with Crippen LogP contribution in [0.2, 0.25) is 5.02 Å². The molecule has 1 amide bonds. The fourth-order valence-electron chi connectivity index (χ4n) is 3.20. The fraction of sp³-hybridized carbons (Fsp3) is 0.208. The molecule has 158 valence electrons. The first kappa shape index (κ1) is 21.3. The number of aryl methyl sites for hydroxylation is 1. The van der Waals surface area contributed by atoms with E-state index in [1.165, 1.54) is 11.3 Å². The third-order valence-corrected chi connectivity index (χ3v) is 6.07. The molecule has 31 heavy (non-hydrogen) atoms. The Hall–Kier alpha value is -2.96. The van der Waals surface area contributed by atoms with Crippen molar-refractivity contribution in [3.63, 3.8) is 0 Å². The van der Waals surface area contributed by atoms with Gasteiger partial charge in [-0.3, -0.25) is 14.7 Å². The minimum atomic E-state index is -1.12. The Bertz CT molecular complexity index is 1210. The molecule has 0 spiro atoms. The number of carbonyl (C=O) groups is 1. The highest BCUT2D eigenvalue weighted by Crippen LogP contribution is 2.33. The predicted molar refractivity (Wildman–Crippen MR) is 126 cm³/mol. The van der Waals surface area contributed by atoms with E-state index in [-0.39, 0.29) is 5.91 Å². The number of nitrogens with zero attached hydrogens (tertiary/aromatic N) is 3. The molecule has 0 radical (unpaired) electrons. The third kappa shape index (κ3) is 4.86. The molecule has 7 heteroatoms. The van der Waals surface area contributed by atoms with Gasteiger partial charge in [-0.05, 0) is 74.4 Å². The number of amides is 1. The summed E-state index contributed by atoms with van der Waals surface area (Å²) in [5.41, 5.74) is 1.81. The number of hydrogen-bond acceptors (Lipinski definition) is 5. The Morgan fingerprint density at radius 3 is 2.65 bits per heavy atom. The van der Waals surface area contributed by atoms with Crippen molar-refractivity contribution in [1.29, 1.82) is 0 Å². The highest BCUT2D eigenvalue weighted by molar-refractivity contribution is 7.22. The van der Waals surface area contributed by atoms with Gasteiger partial charge in [0, 0.05) is 17.4 Å². The van der Waals surface area contributed by atoms with Crippen LogP contribution in [0.4, 0.5) is 5.13 Å². The average Bonchev–Trinajstić information content (AvgIpc) is 3.16. The zero-order valence-corrected chi connectivity index (χ0v) is 19.1. The molecule has 4 aromatic rings. The number of hydrogen-bond donors (Lipinski definition) is 0. The molecule has 0 N–H and O–H groups in total. The monoisotopic (exact) mass is 451 g/mol. The van der Waals surface area contributed by atoms with Gasteiger partial charge >= 0.3 is 0 Å². The minimum Gasteiger partial charge on any atom is -0.478 e. The molecule has 0 aliphatic rings. The minimum absolute atomic E-state index is 0.193. The summed E-state index contributed by atoms with van der Waals surface area (Å²) in [5, 5.41) is 1.24. The van der Waals surface area contributed by atoms with Gasteiger partial charge in [0.15, 0.2) is 10.7 Å². The number of halogens is 1. The lowest BCUT2D eigenvalue weighted by atomic mass is 10.1. The molecule has 0 saturated carbocycles. The van der Waals surface area contributed by atoms with Gasteiger partial charge in [-0.2, -0.15) is 0 Å². The highest BCUT2D eigenvalue weighted by Gasteiger charge is 2.36. The zero-order valence-electron chi connectivity index (χ0n) is 17.5. The SMILES string of the molecule is Cc1ccc2nc(N(Cc3cccnc3)C(=O)C(C)(C)Oc3ccc(Cl)cc3)sc2c1. The highest BCUT2D eigenvalue weighted by atomic mass is 35.5. The van der Waals surface area contributed by atoms with Crippen LogP contribution in [0.1, 0.15) is 25.0 Å². The lowest BCUT2D eigenvalue weighted by Gasteiger charge is -2.31. The van der Waals surface area contributed by atoms with Crippen LogP contribution in [-0.4, -0.2) is 21.5 Å². The van der Waals surface area contributed by atoms with Crippen LogP contribution in [0.25, 0.3) is 10.2 Å². The van der Waals surface area contributed by atoms with Gasteiger partial charge < -0.3 is 4.74 Å². The van der Waals surface area contributed by atoms with E-state index < -0.39 is 5.60 Å². The summed E-state index contributed by atoms with van der Waals surface area (Å²) < 4.78 is 7.10. The number of pyridine rings is 1. The largest absolute Gasteiger partial charge is 0.478 e. The molecule has 0 saturated heterocycles. The maximum Gasteiger partial charge on any atom is 0.272 e. The van der Waals surface area contributed by atoms with E-state index in [2.05, 4.69) is 11.1 Å². The zero-order chi connectivity index (χ0) is 22.0. The summed E-state index contributed by atoms with van der Waals surface area (Å²) in [5.74, 6) is 0.381. The maximum atomic E-state index is 13.7. The topological polar surface area (TPSA) is 55.3 Å². The number of rotatable bonds is 6. The maximum absolute atomic E-state index is 13.7. The van der Waals surface area contributed by atoms with Gasteiger partial charge in [-0.15, -0.1) is 0 Å². The number of fused-ring (bicyclic) bond motifs is 1. The van der Waals surface area contributed by atoms with E-state index in [9.17, 15) is 4.79 Å². The molecule has 0 aliphatic carbocycles. The van der Waals surface area contributed by atoms with Gasteiger partial charge in [0.25, 0.3) is 5.91 Å². The molecule has 4 rings (SSSR count). The molecule has 2 aromatic heterocycles. The second-order valence-electron chi connectivity index (χ2n) is 7.79. The Kier molecular flexibility index (Phi) is 5.94. The summed E-state index contributed by atoms with van der Waals surface area (Å²) in [6.07, 6.45) is 3.47. The Balaban J connectivity index is 1.69. The Morgan fingerprint density at radius 2 is 1.94 bits per heavy atom. The van der Waals surface area contributed by atoms with E-state index in [1.807, 2.05) is 31.2 Å². The van der Waals surface area contributed by atoms with Crippen molar-refractivity contribution in [3.8, 4) is 5.75 Å². The van der Waals surface area contributed by atoms with Crippen molar-refractivity contribution in [2.75, 3.05) is 4.90 Å². The van der Waals surface area contributed by atoms with E-state index in [0.717, 1.165) is 21.3 Å². The molecule has 0 fully saturated rings. The number of ether oxygens (including phenoxy) is 1. The van der Waals surface area contributed by atoms with Crippen LogP contribution in [-0.2, 0) is 11.3 Å². The standard InChI is InChI=1S/C24H22ClN3O2S/c1-16-6-11-20-21(13-16)31-23(27-20)28(15-17-5-4-12-26-14-17)22(29)24(2,3)30-19-9-7-18(25)8-10-19/h4-14H,15H2,1-3H3. The molecule has 2 aromatic carbocycles.